The van der Waals surface area contributed by atoms with Crippen LogP contribution in [0.1, 0.15) is 26.3 Å². The minimum Gasteiger partial charge on any atom is -0.457 e. The monoisotopic (exact) mass is 390 g/mol. The van der Waals surface area contributed by atoms with Crippen LogP contribution in [0.15, 0.2) is 30.3 Å². The molecular formula is C19H22N2O7. The first-order chi connectivity index (χ1) is 13.4. The summed E-state index contributed by atoms with van der Waals surface area (Å²) in [4.78, 5) is 27.5. The normalized spacial score (nSPS) is 27.7. The smallest absolute Gasteiger partial charge is 0.444 e. The van der Waals surface area contributed by atoms with Crippen molar-refractivity contribution >= 4 is 17.5 Å². The quantitative estimate of drug-likeness (QED) is 0.226. The fraction of sp³-hybridized carbons (Fsp3) is 0.526. The van der Waals surface area contributed by atoms with E-state index in [9.17, 15) is 9.59 Å². The fourth-order valence-corrected chi connectivity index (χ4v) is 3.16. The lowest BCUT2D eigenvalue weighted by Gasteiger charge is -2.24. The standard InChI is InChI=1S/C19H22N2O7/c1-4-24-17(23)12(21-20)13(22)14-15(25-10-11-8-6-5-7-9-11)16-18(26-14)28-19(2,3)27-16/h5-9,14-16,18H,4,10H2,1-3H3/t14-,15+,16-,18-/m1/s1. The van der Waals surface area contributed by atoms with Gasteiger partial charge in [0.2, 0.25) is 0 Å². The molecule has 0 bridgehead atoms. The number of ketones is 1. The molecule has 2 aliphatic heterocycles. The molecule has 3 rings (SSSR count). The maximum Gasteiger partial charge on any atom is 0.444 e. The summed E-state index contributed by atoms with van der Waals surface area (Å²) < 4.78 is 27.9. The van der Waals surface area contributed by atoms with Gasteiger partial charge in [-0.2, -0.15) is 4.79 Å². The largest absolute Gasteiger partial charge is 0.457 e. The molecule has 0 saturated carbocycles. The summed E-state index contributed by atoms with van der Waals surface area (Å²) in [6.07, 6.45) is -3.66. The second-order valence-electron chi connectivity index (χ2n) is 6.82. The van der Waals surface area contributed by atoms with Crippen molar-refractivity contribution in [3.8, 4) is 0 Å². The van der Waals surface area contributed by atoms with Gasteiger partial charge in [-0.25, -0.2) is 4.79 Å². The summed E-state index contributed by atoms with van der Waals surface area (Å²) in [5, 5.41) is 0. The molecule has 28 heavy (non-hydrogen) atoms. The second-order valence-corrected chi connectivity index (χ2v) is 6.82. The molecule has 2 fully saturated rings. The van der Waals surface area contributed by atoms with Gasteiger partial charge in [0, 0.05) is 0 Å². The fourth-order valence-electron chi connectivity index (χ4n) is 3.16. The molecule has 150 valence electrons. The molecule has 0 spiro atoms. The number of ether oxygens (including phenoxy) is 5. The predicted molar refractivity (Wildman–Crippen MR) is 94.0 cm³/mol. The van der Waals surface area contributed by atoms with E-state index in [-0.39, 0.29) is 13.2 Å². The summed E-state index contributed by atoms with van der Waals surface area (Å²) in [6, 6.07) is 9.36. The molecule has 0 aliphatic carbocycles. The molecule has 0 radical (unpaired) electrons. The van der Waals surface area contributed by atoms with Crippen molar-refractivity contribution in [2.24, 2.45) is 0 Å². The molecule has 1 aromatic rings. The first kappa shape index (κ1) is 20.3. The molecule has 2 heterocycles. The number of hydrogen-bond donors (Lipinski definition) is 0. The van der Waals surface area contributed by atoms with E-state index in [2.05, 4.69) is 4.79 Å². The van der Waals surface area contributed by atoms with E-state index < -0.39 is 47.9 Å². The van der Waals surface area contributed by atoms with Crippen LogP contribution in [0.5, 0.6) is 0 Å². The van der Waals surface area contributed by atoms with E-state index >= 15 is 0 Å². The van der Waals surface area contributed by atoms with Gasteiger partial charge in [0.05, 0.1) is 13.2 Å². The maximum absolute atomic E-state index is 12.8. The number of Topliss-reactive ketones (excluding diaryl/α,β-unsaturated/α-hetero) is 1. The molecule has 0 N–H and O–H groups in total. The molecule has 0 amide bonds. The van der Waals surface area contributed by atoms with Crippen LogP contribution in [0.4, 0.5) is 0 Å². The van der Waals surface area contributed by atoms with Gasteiger partial charge in [0.1, 0.15) is 12.2 Å². The van der Waals surface area contributed by atoms with Crippen LogP contribution in [-0.4, -0.2) is 59.3 Å². The summed E-state index contributed by atoms with van der Waals surface area (Å²) >= 11 is 0. The highest BCUT2D eigenvalue weighted by Crippen LogP contribution is 2.39. The highest BCUT2D eigenvalue weighted by Gasteiger charge is 2.59. The SMILES string of the molecule is CCOC(=O)C(=[N+]=[N-])C(=O)[C@H]1O[C@@H]2OC(C)(C)O[C@@H]2[C@H]1OCc1ccccc1. The van der Waals surface area contributed by atoms with Crippen molar-refractivity contribution in [3.05, 3.63) is 41.4 Å². The van der Waals surface area contributed by atoms with Crippen molar-refractivity contribution in [1.29, 1.82) is 0 Å². The van der Waals surface area contributed by atoms with Gasteiger partial charge in [-0.3, -0.25) is 4.79 Å². The summed E-state index contributed by atoms with van der Waals surface area (Å²) in [5.41, 5.74) is 9.26. The van der Waals surface area contributed by atoms with Crippen LogP contribution in [0, 0.1) is 0 Å². The van der Waals surface area contributed by atoms with E-state index in [1.54, 1.807) is 20.8 Å². The predicted octanol–water partition coefficient (Wildman–Crippen LogP) is 1.25. The molecule has 0 aromatic heterocycles. The maximum atomic E-state index is 12.8. The average molecular weight is 390 g/mol. The highest BCUT2D eigenvalue weighted by atomic mass is 16.8. The Kier molecular flexibility index (Phi) is 6.02. The number of benzene rings is 1. The second kappa shape index (κ2) is 8.30. The summed E-state index contributed by atoms with van der Waals surface area (Å²) in [6.45, 7) is 5.23. The Morgan fingerprint density at radius 1 is 1.21 bits per heavy atom. The Bertz CT molecular complexity index is 789. The van der Waals surface area contributed by atoms with Crippen molar-refractivity contribution in [2.45, 2.75) is 57.8 Å². The zero-order valence-electron chi connectivity index (χ0n) is 15.9. The molecule has 4 atom stereocenters. The third-order valence-corrected chi connectivity index (χ3v) is 4.34. The first-order valence-electron chi connectivity index (χ1n) is 8.96. The lowest BCUT2D eigenvalue weighted by Crippen LogP contribution is -2.45. The summed E-state index contributed by atoms with van der Waals surface area (Å²) in [5.74, 6) is -2.81. The van der Waals surface area contributed by atoms with Crippen LogP contribution in [0.25, 0.3) is 5.53 Å². The average Bonchev–Trinajstić information content (AvgIpc) is 3.13. The minimum atomic E-state index is -1.25. The van der Waals surface area contributed by atoms with Crippen LogP contribution in [0.3, 0.4) is 0 Å². The first-order valence-corrected chi connectivity index (χ1v) is 8.96. The number of nitrogens with zero attached hydrogens (tertiary/aromatic N) is 2. The van der Waals surface area contributed by atoms with Gasteiger partial charge in [-0.05, 0) is 26.3 Å². The van der Waals surface area contributed by atoms with E-state index in [1.807, 2.05) is 30.3 Å². The van der Waals surface area contributed by atoms with Crippen LogP contribution < -0.4 is 0 Å². The van der Waals surface area contributed by atoms with Crippen molar-refractivity contribution in [2.75, 3.05) is 6.61 Å². The molecule has 0 unspecified atom stereocenters. The van der Waals surface area contributed by atoms with Crippen molar-refractivity contribution < 1.29 is 38.1 Å². The van der Waals surface area contributed by atoms with Gasteiger partial charge in [-0.15, -0.1) is 0 Å². The number of hydrogen-bond acceptors (Lipinski definition) is 7. The molecule has 9 heteroatoms. The molecule has 2 aliphatic rings. The Labute approximate surface area is 162 Å². The topological polar surface area (TPSA) is 117 Å². The number of rotatable bonds is 7. The lowest BCUT2D eigenvalue weighted by atomic mass is 10.0. The minimum absolute atomic E-state index is 0.0241. The Balaban J connectivity index is 1.81. The van der Waals surface area contributed by atoms with Gasteiger partial charge in [0.25, 0.3) is 5.78 Å². The lowest BCUT2D eigenvalue weighted by molar-refractivity contribution is -0.217. The van der Waals surface area contributed by atoms with Gasteiger partial charge in [0.15, 0.2) is 18.2 Å². The number of carbonyl (C=O) groups is 2. The van der Waals surface area contributed by atoms with Crippen LogP contribution in [-0.2, 0) is 39.9 Å². The molecule has 2 saturated heterocycles. The van der Waals surface area contributed by atoms with E-state index in [1.165, 1.54) is 0 Å². The Hall–Kier alpha value is -2.42. The van der Waals surface area contributed by atoms with E-state index in [0.717, 1.165) is 5.56 Å². The number of esters is 1. The third-order valence-electron chi connectivity index (χ3n) is 4.34. The molecule has 1 aromatic carbocycles. The van der Waals surface area contributed by atoms with Crippen molar-refractivity contribution in [1.82, 2.24) is 0 Å². The highest BCUT2D eigenvalue weighted by molar-refractivity contribution is 6.63. The van der Waals surface area contributed by atoms with E-state index in [4.69, 9.17) is 29.2 Å². The molecular weight excluding hydrogens is 368 g/mol. The molecule has 9 nitrogen and oxygen atoms in total. The van der Waals surface area contributed by atoms with Gasteiger partial charge in [-0.1, -0.05) is 30.3 Å². The van der Waals surface area contributed by atoms with Crippen LogP contribution in [0.2, 0.25) is 0 Å². The van der Waals surface area contributed by atoms with E-state index in [0.29, 0.717) is 0 Å². The zero-order chi connectivity index (χ0) is 20.3. The Morgan fingerprint density at radius 2 is 1.93 bits per heavy atom. The van der Waals surface area contributed by atoms with Crippen molar-refractivity contribution in [3.63, 3.8) is 0 Å². The Morgan fingerprint density at radius 3 is 2.57 bits per heavy atom. The van der Waals surface area contributed by atoms with Crippen LogP contribution >= 0.6 is 0 Å². The van der Waals surface area contributed by atoms with Gasteiger partial charge < -0.3 is 29.2 Å². The number of carbonyl (C=O) groups excluding carboxylic acids is 2. The number of fused-ring (bicyclic) bond motifs is 1. The van der Waals surface area contributed by atoms with Gasteiger partial charge >= 0.3 is 11.7 Å². The zero-order valence-corrected chi connectivity index (χ0v) is 15.9. The summed E-state index contributed by atoms with van der Waals surface area (Å²) in [7, 11) is 0. The third kappa shape index (κ3) is 4.19.